The molecule has 0 aromatic heterocycles. The Labute approximate surface area is 86.0 Å². The quantitative estimate of drug-likeness (QED) is 0.572. The first-order valence-electron chi connectivity index (χ1n) is 5.16. The molecule has 0 bridgehead atoms. The van der Waals surface area contributed by atoms with Crippen LogP contribution in [0.3, 0.4) is 0 Å². The summed E-state index contributed by atoms with van der Waals surface area (Å²) in [6, 6.07) is 0.772. The SMILES string of the molecule is CN1C(C(C)(C)C)=NC2C=CC=CC21. The van der Waals surface area contributed by atoms with Gasteiger partial charge in [-0.25, -0.2) is 0 Å². The van der Waals surface area contributed by atoms with Gasteiger partial charge in [0.1, 0.15) is 5.84 Å². The largest absolute Gasteiger partial charge is 0.354 e. The molecular formula is C12H18N2. The van der Waals surface area contributed by atoms with Gasteiger partial charge in [-0.1, -0.05) is 45.1 Å². The molecule has 0 radical (unpaired) electrons. The van der Waals surface area contributed by atoms with Crippen LogP contribution in [0.2, 0.25) is 0 Å². The molecule has 2 rings (SSSR count). The van der Waals surface area contributed by atoms with E-state index in [0.717, 1.165) is 0 Å². The molecule has 2 aliphatic rings. The van der Waals surface area contributed by atoms with Crippen molar-refractivity contribution in [3.63, 3.8) is 0 Å². The summed E-state index contributed by atoms with van der Waals surface area (Å²) in [6.45, 7) is 6.65. The first-order chi connectivity index (χ1) is 6.50. The molecule has 2 nitrogen and oxygen atoms in total. The molecule has 0 saturated heterocycles. The van der Waals surface area contributed by atoms with Gasteiger partial charge in [0.25, 0.3) is 0 Å². The number of rotatable bonds is 0. The second-order valence-electron chi connectivity index (χ2n) is 5.06. The van der Waals surface area contributed by atoms with Crippen molar-refractivity contribution in [2.24, 2.45) is 10.4 Å². The topological polar surface area (TPSA) is 15.6 Å². The average Bonchev–Trinajstić information content (AvgIpc) is 2.44. The number of hydrogen-bond acceptors (Lipinski definition) is 2. The van der Waals surface area contributed by atoms with E-state index in [1.807, 2.05) is 0 Å². The van der Waals surface area contributed by atoms with Crippen molar-refractivity contribution in [1.82, 2.24) is 4.90 Å². The predicted molar refractivity (Wildman–Crippen MR) is 60.5 cm³/mol. The van der Waals surface area contributed by atoms with E-state index in [4.69, 9.17) is 4.99 Å². The maximum atomic E-state index is 4.77. The third-order valence-corrected chi connectivity index (χ3v) is 2.80. The van der Waals surface area contributed by atoms with Crippen molar-refractivity contribution in [3.8, 4) is 0 Å². The summed E-state index contributed by atoms with van der Waals surface area (Å²) in [6.07, 6.45) is 8.61. The van der Waals surface area contributed by atoms with E-state index in [0.29, 0.717) is 12.1 Å². The Balaban J connectivity index is 2.30. The molecular weight excluding hydrogens is 172 g/mol. The van der Waals surface area contributed by atoms with E-state index >= 15 is 0 Å². The molecule has 76 valence electrons. The van der Waals surface area contributed by atoms with E-state index in [2.05, 4.69) is 57.0 Å². The van der Waals surface area contributed by atoms with Gasteiger partial charge in [0.15, 0.2) is 0 Å². The fourth-order valence-corrected chi connectivity index (χ4v) is 2.16. The average molecular weight is 190 g/mol. The standard InChI is InChI=1S/C12H18N2/c1-12(2,3)11-13-9-7-5-6-8-10(9)14(11)4/h5-10H,1-4H3. The van der Waals surface area contributed by atoms with Gasteiger partial charge in [-0.3, -0.25) is 4.99 Å². The monoisotopic (exact) mass is 190 g/mol. The minimum atomic E-state index is 0.147. The van der Waals surface area contributed by atoms with Crippen molar-refractivity contribution in [2.75, 3.05) is 7.05 Å². The van der Waals surface area contributed by atoms with Crippen LogP contribution in [-0.4, -0.2) is 29.9 Å². The second kappa shape index (κ2) is 2.97. The van der Waals surface area contributed by atoms with Gasteiger partial charge < -0.3 is 4.90 Å². The molecule has 0 saturated carbocycles. The first kappa shape index (κ1) is 9.50. The van der Waals surface area contributed by atoms with E-state index in [1.54, 1.807) is 0 Å². The lowest BCUT2D eigenvalue weighted by Crippen LogP contribution is -2.40. The van der Waals surface area contributed by atoms with Crippen LogP contribution in [0.4, 0.5) is 0 Å². The Bertz CT molecular complexity index is 318. The Hall–Kier alpha value is -1.05. The molecule has 2 unspecified atom stereocenters. The first-order valence-corrected chi connectivity index (χ1v) is 5.16. The lowest BCUT2D eigenvalue weighted by atomic mass is 9.94. The minimum Gasteiger partial charge on any atom is -0.354 e. The molecule has 0 aromatic rings. The molecule has 0 N–H and O–H groups in total. The third-order valence-electron chi connectivity index (χ3n) is 2.80. The Kier molecular flexibility index (Phi) is 2.02. The molecule has 2 atom stereocenters. The zero-order valence-corrected chi connectivity index (χ0v) is 9.36. The van der Waals surface area contributed by atoms with Crippen molar-refractivity contribution in [2.45, 2.75) is 32.9 Å². The maximum Gasteiger partial charge on any atom is 0.105 e. The second-order valence-corrected chi connectivity index (χ2v) is 5.06. The Morgan fingerprint density at radius 1 is 1.21 bits per heavy atom. The Morgan fingerprint density at radius 3 is 2.43 bits per heavy atom. The van der Waals surface area contributed by atoms with Gasteiger partial charge >= 0.3 is 0 Å². The van der Waals surface area contributed by atoms with E-state index in [1.165, 1.54) is 5.84 Å². The summed E-state index contributed by atoms with van der Waals surface area (Å²) >= 11 is 0. The van der Waals surface area contributed by atoms with Gasteiger partial charge in [-0.2, -0.15) is 0 Å². The summed E-state index contributed by atoms with van der Waals surface area (Å²) in [5, 5.41) is 0. The highest BCUT2D eigenvalue weighted by Gasteiger charge is 2.36. The normalized spacial score (nSPS) is 30.6. The molecule has 14 heavy (non-hydrogen) atoms. The fraction of sp³-hybridized carbons (Fsp3) is 0.583. The highest BCUT2D eigenvalue weighted by molar-refractivity contribution is 5.89. The van der Waals surface area contributed by atoms with Crippen molar-refractivity contribution >= 4 is 5.84 Å². The van der Waals surface area contributed by atoms with Gasteiger partial charge in [-0.05, 0) is 0 Å². The maximum absolute atomic E-state index is 4.77. The van der Waals surface area contributed by atoms with Crippen LogP contribution >= 0.6 is 0 Å². The predicted octanol–water partition coefficient (Wildman–Crippen LogP) is 2.24. The lowest BCUT2D eigenvalue weighted by molar-refractivity contribution is 0.398. The number of aliphatic imine (C=N–C) groups is 1. The summed E-state index contributed by atoms with van der Waals surface area (Å²) in [5.41, 5.74) is 0.147. The number of nitrogens with zero attached hydrogens (tertiary/aromatic N) is 2. The molecule has 1 aliphatic heterocycles. The number of fused-ring (bicyclic) bond motifs is 1. The van der Waals surface area contributed by atoms with Crippen LogP contribution in [0, 0.1) is 5.41 Å². The highest BCUT2D eigenvalue weighted by Crippen LogP contribution is 2.29. The van der Waals surface area contributed by atoms with Crippen LogP contribution < -0.4 is 0 Å². The zero-order chi connectivity index (χ0) is 10.3. The number of allylic oxidation sites excluding steroid dienone is 2. The molecule has 0 spiro atoms. The van der Waals surface area contributed by atoms with Crippen LogP contribution in [0.15, 0.2) is 29.3 Å². The summed E-state index contributed by atoms with van der Waals surface area (Å²) < 4.78 is 0. The van der Waals surface area contributed by atoms with Gasteiger partial charge in [0, 0.05) is 12.5 Å². The number of hydrogen-bond donors (Lipinski definition) is 0. The smallest absolute Gasteiger partial charge is 0.105 e. The van der Waals surface area contributed by atoms with E-state index in [9.17, 15) is 0 Å². The Morgan fingerprint density at radius 2 is 1.86 bits per heavy atom. The highest BCUT2D eigenvalue weighted by atomic mass is 15.3. The van der Waals surface area contributed by atoms with E-state index < -0.39 is 0 Å². The van der Waals surface area contributed by atoms with Crippen molar-refractivity contribution in [3.05, 3.63) is 24.3 Å². The van der Waals surface area contributed by atoms with Gasteiger partial charge in [0.05, 0.1) is 12.1 Å². The molecule has 0 fully saturated rings. The summed E-state index contributed by atoms with van der Waals surface area (Å²) in [7, 11) is 2.14. The summed E-state index contributed by atoms with van der Waals surface area (Å²) in [4.78, 5) is 7.06. The van der Waals surface area contributed by atoms with Crippen molar-refractivity contribution < 1.29 is 0 Å². The molecule has 2 heteroatoms. The summed E-state index contributed by atoms with van der Waals surface area (Å²) in [5.74, 6) is 1.21. The number of amidine groups is 1. The van der Waals surface area contributed by atoms with Crippen LogP contribution in [0.25, 0.3) is 0 Å². The van der Waals surface area contributed by atoms with E-state index in [-0.39, 0.29) is 5.41 Å². The minimum absolute atomic E-state index is 0.147. The lowest BCUT2D eigenvalue weighted by Gasteiger charge is -2.30. The molecule has 1 aliphatic carbocycles. The van der Waals surface area contributed by atoms with Gasteiger partial charge in [-0.15, -0.1) is 0 Å². The van der Waals surface area contributed by atoms with Crippen LogP contribution in [0.1, 0.15) is 20.8 Å². The van der Waals surface area contributed by atoms with Crippen LogP contribution in [-0.2, 0) is 0 Å². The third kappa shape index (κ3) is 1.39. The zero-order valence-electron chi connectivity index (χ0n) is 9.36. The molecule has 0 aromatic carbocycles. The molecule has 0 amide bonds. The number of likely N-dealkylation sites (N-methyl/N-ethyl adjacent to an activating group) is 1. The van der Waals surface area contributed by atoms with Crippen LogP contribution in [0.5, 0.6) is 0 Å². The van der Waals surface area contributed by atoms with Crippen molar-refractivity contribution in [1.29, 1.82) is 0 Å². The molecule has 1 heterocycles. The fourth-order valence-electron chi connectivity index (χ4n) is 2.16. The van der Waals surface area contributed by atoms with Gasteiger partial charge in [0.2, 0.25) is 0 Å².